The molecule has 2 aromatic rings. The van der Waals surface area contributed by atoms with Gasteiger partial charge in [0.2, 0.25) is 0 Å². The zero-order chi connectivity index (χ0) is 14.0. The van der Waals surface area contributed by atoms with Crippen LogP contribution in [0.5, 0.6) is 0 Å². The van der Waals surface area contributed by atoms with E-state index in [1.807, 2.05) is 27.1 Å². The van der Waals surface area contributed by atoms with E-state index in [1.54, 1.807) is 15.6 Å². The molecule has 19 heavy (non-hydrogen) atoms. The third kappa shape index (κ3) is 2.64. The van der Waals surface area contributed by atoms with Crippen molar-refractivity contribution in [3.05, 3.63) is 29.3 Å². The topological polar surface area (TPSA) is 74.8 Å². The minimum atomic E-state index is -0.457. The third-order valence-electron chi connectivity index (χ3n) is 2.79. The predicted molar refractivity (Wildman–Crippen MR) is 67.8 cm³/mol. The van der Waals surface area contributed by atoms with Crippen LogP contribution in [0.4, 0.5) is 0 Å². The molecule has 0 aliphatic rings. The monoisotopic (exact) mass is 263 g/mol. The van der Waals surface area contributed by atoms with E-state index in [1.165, 1.54) is 7.11 Å². The van der Waals surface area contributed by atoms with Gasteiger partial charge in [0, 0.05) is 18.8 Å². The molecule has 0 aliphatic carbocycles. The molecule has 7 heteroatoms. The van der Waals surface area contributed by atoms with Crippen molar-refractivity contribution in [1.82, 2.24) is 24.8 Å². The SMILES string of the molecule is COC(=O)c1nnn(Cc2cnn(C)c2)c1C(C)C. The van der Waals surface area contributed by atoms with Gasteiger partial charge in [-0.3, -0.25) is 4.68 Å². The van der Waals surface area contributed by atoms with Crippen molar-refractivity contribution < 1.29 is 9.53 Å². The van der Waals surface area contributed by atoms with E-state index in [2.05, 4.69) is 15.4 Å². The van der Waals surface area contributed by atoms with Crippen LogP contribution in [-0.2, 0) is 18.3 Å². The van der Waals surface area contributed by atoms with Gasteiger partial charge < -0.3 is 4.74 Å². The first kappa shape index (κ1) is 13.3. The lowest BCUT2D eigenvalue weighted by Gasteiger charge is -2.09. The lowest BCUT2D eigenvalue weighted by molar-refractivity contribution is 0.0592. The van der Waals surface area contributed by atoms with Crippen LogP contribution in [0, 0.1) is 0 Å². The fourth-order valence-corrected chi connectivity index (χ4v) is 1.98. The van der Waals surface area contributed by atoms with Gasteiger partial charge in [0.15, 0.2) is 5.69 Å². The Hall–Kier alpha value is -2.18. The van der Waals surface area contributed by atoms with Gasteiger partial charge in [0.1, 0.15) is 0 Å². The Morgan fingerprint density at radius 3 is 2.74 bits per heavy atom. The van der Waals surface area contributed by atoms with Crippen molar-refractivity contribution in [2.24, 2.45) is 7.05 Å². The number of aromatic nitrogens is 5. The molecular formula is C12H17N5O2. The molecule has 7 nitrogen and oxygen atoms in total. The average molecular weight is 263 g/mol. The standard InChI is InChI=1S/C12H17N5O2/c1-8(2)11-10(12(18)19-4)14-15-17(11)7-9-5-13-16(3)6-9/h5-6,8H,7H2,1-4H3. The van der Waals surface area contributed by atoms with E-state index in [9.17, 15) is 4.79 Å². The van der Waals surface area contributed by atoms with Gasteiger partial charge in [0.05, 0.1) is 25.5 Å². The summed E-state index contributed by atoms with van der Waals surface area (Å²) >= 11 is 0. The van der Waals surface area contributed by atoms with E-state index < -0.39 is 5.97 Å². The molecule has 0 spiro atoms. The minimum absolute atomic E-state index is 0.126. The Morgan fingerprint density at radius 1 is 1.47 bits per heavy atom. The summed E-state index contributed by atoms with van der Waals surface area (Å²) in [6, 6.07) is 0. The molecule has 0 saturated carbocycles. The van der Waals surface area contributed by atoms with Gasteiger partial charge in [-0.25, -0.2) is 9.48 Å². The number of esters is 1. The Balaban J connectivity index is 2.35. The van der Waals surface area contributed by atoms with E-state index in [0.29, 0.717) is 6.54 Å². The number of rotatable bonds is 4. The van der Waals surface area contributed by atoms with Crippen molar-refractivity contribution in [2.45, 2.75) is 26.3 Å². The average Bonchev–Trinajstić information content (AvgIpc) is 2.95. The Kier molecular flexibility index (Phi) is 3.64. The molecule has 0 aliphatic heterocycles. The molecule has 2 aromatic heterocycles. The van der Waals surface area contributed by atoms with Crippen LogP contribution < -0.4 is 0 Å². The molecule has 0 N–H and O–H groups in total. The number of aryl methyl sites for hydroxylation is 1. The van der Waals surface area contributed by atoms with Crippen molar-refractivity contribution >= 4 is 5.97 Å². The normalized spacial score (nSPS) is 11.0. The van der Waals surface area contributed by atoms with Crippen molar-refractivity contribution in [2.75, 3.05) is 7.11 Å². The smallest absolute Gasteiger partial charge is 0.360 e. The number of hydrogen-bond donors (Lipinski definition) is 0. The molecule has 2 heterocycles. The number of hydrogen-bond acceptors (Lipinski definition) is 5. The van der Waals surface area contributed by atoms with Crippen molar-refractivity contribution in [3.8, 4) is 0 Å². The highest BCUT2D eigenvalue weighted by Crippen LogP contribution is 2.19. The van der Waals surface area contributed by atoms with Crippen LogP contribution >= 0.6 is 0 Å². The van der Waals surface area contributed by atoms with E-state index in [4.69, 9.17) is 4.74 Å². The number of carbonyl (C=O) groups excluding carboxylic acids is 1. The molecule has 0 aromatic carbocycles. The van der Waals surface area contributed by atoms with Crippen LogP contribution in [0.15, 0.2) is 12.4 Å². The summed E-state index contributed by atoms with van der Waals surface area (Å²) in [7, 11) is 3.20. The molecule has 2 rings (SSSR count). The van der Waals surface area contributed by atoms with Gasteiger partial charge in [0.25, 0.3) is 0 Å². The van der Waals surface area contributed by atoms with Crippen LogP contribution in [0.2, 0.25) is 0 Å². The van der Waals surface area contributed by atoms with Crippen molar-refractivity contribution in [3.63, 3.8) is 0 Å². The Labute approximate surface area is 111 Å². The van der Waals surface area contributed by atoms with Crippen molar-refractivity contribution in [1.29, 1.82) is 0 Å². The van der Waals surface area contributed by atoms with Gasteiger partial charge in [-0.05, 0) is 5.92 Å². The van der Waals surface area contributed by atoms with E-state index >= 15 is 0 Å². The van der Waals surface area contributed by atoms with Crippen LogP contribution in [0.3, 0.4) is 0 Å². The first-order valence-corrected chi connectivity index (χ1v) is 6.02. The lowest BCUT2D eigenvalue weighted by atomic mass is 10.1. The second kappa shape index (κ2) is 5.21. The first-order valence-electron chi connectivity index (χ1n) is 6.02. The maximum Gasteiger partial charge on any atom is 0.360 e. The van der Waals surface area contributed by atoms with Crippen LogP contribution in [0.1, 0.15) is 41.5 Å². The Bertz CT molecular complexity index is 585. The summed E-state index contributed by atoms with van der Waals surface area (Å²) < 4.78 is 8.16. The first-order chi connectivity index (χ1) is 9.02. The highest BCUT2D eigenvalue weighted by atomic mass is 16.5. The number of ether oxygens (including phenoxy) is 1. The fraction of sp³-hybridized carbons (Fsp3) is 0.500. The molecule has 0 unspecified atom stereocenters. The van der Waals surface area contributed by atoms with E-state index in [-0.39, 0.29) is 11.6 Å². The Morgan fingerprint density at radius 2 is 2.21 bits per heavy atom. The maximum atomic E-state index is 11.7. The van der Waals surface area contributed by atoms with Crippen LogP contribution in [0.25, 0.3) is 0 Å². The predicted octanol–water partition coefficient (Wildman–Crippen LogP) is 0.970. The van der Waals surface area contributed by atoms with Gasteiger partial charge >= 0.3 is 5.97 Å². The number of carbonyl (C=O) groups is 1. The summed E-state index contributed by atoms with van der Waals surface area (Å²) in [5.41, 5.74) is 2.06. The van der Waals surface area contributed by atoms with Crippen LogP contribution in [-0.4, -0.2) is 37.9 Å². The fourth-order valence-electron chi connectivity index (χ4n) is 1.98. The highest BCUT2D eigenvalue weighted by molar-refractivity contribution is 5.88. The second-order valence-corrected chi connectivity index (χ2v) is 4.65. The van der Waals surface area contributed by atoms with Gasteiger partial charge in [-0.2, -0.15) is 5.10 Å². The maximum absolute atomic E-state index is 11.7. The molecule has 102 valence electrons. The third-order valence-corrected chi connectivity index (χ3v) is 2.79. The van der Waals surface area contributed by atoms with Gasteiger partial charge in [-0.15, -0.1) is 5.10 Å². The molecule has 0 amide bonds. The molecule has 0 fully saturated rings. The minimum Gasteiger partial charge on any atom is -0.464 e. The quantitative estimate of drug-likeness (QED) is 0.768. The summed E-state index contributed by atoms with van der Waals surface area (Å²) in [6.45, 7) is 4.51. The number of nitrogens with zero attached hydrogens (tertiary/aromatic N) is 5. The molecule has 0 saturated heterocycles. The molecule has 0 atom stereocenters. The second-order valence-electron chi connectivity index (χ2n) is 4.65. The summed E-state index contributed by atoms with van der Waals surface area (Å²) in [6.07, 6.45) is 3.67. The zero-order valence-corrected chi connectivity index (χ0v) is 11.5. The zero-order valence-electron chi connectivity index (χ0n) is 11.5. The lowest BCUT2D eigenvalue weighted by Crippen LogP contribution is -2.11. The summed E-state index contributed by atoms with van der Waals surface area (Å²) in [4.78, 5) is 11.7. The molecule has 0 radical (unpaired) electrons. The molecule has 0 bridgehead atoms. The van der Waals surface area contributed by atoms with E-state index in [0.717, 1.165) is 11.3 Å². The molecular weight excluding hydrogens is 246 g/mol. The highest BCUT2D eigenvalue weighted by Gasteiger charge is 2.22. The largest absolute Gasteiger partial charge is 0.464 e. The summed E-state index contributed by atoms with van der Waals surface area (Å²) in [5.74, 6) is -0.332. The van der Waals surface area contributed by atoms with Gasteiger partial charge in [-0.1, -0.05) is 19.1 Å². The number of methoxy groups -OCH3 is 1. The summed E-state index contributed by atoms with van der Waals surface area (Å²) in [5, 5.41) is 12.1.